The van der Waals surface area contributed by atoms with Gasteiger partial charge in [-0.3, -0.25) is 5.43 Å². The van der Waals surface area contributed by atoms with Gasteiger partial charge in [-0.15, -0.1) is 11.3 Å². The monoisotopic (exact) mass is 521 g/mol. The molecule has 1 heterocycles. The summed E-state index contributed by atoms with van der Waals surface area (Å²) in [5, 5.41) is 8.98. The van der Waals surface area contributed by atoms with Gasteiger partial charge in [0, 0.05) is 16.0 Å². The van der Waals surface area contributed by atoms with Crippen LogP contribution in [0, 0.1) is 0 Å². The number of hydrogen-bond acceptors (Lipinski definition) is 5. The van der Waals surface area contributed by atoms with Crippen LogP contribution in [0.25, 0.3) is 11.3 Å². The second-order valence-electron chi connectivity index (χ2n) is 6.64. The molecule has 0 fully saturated rings. The van der Waals surface area contributed by atoms with Crippen LogP contribution in [0.3, 0.4) is 0 Å². The Labute approximate surface area is 209 Å². The minimum Gasteiger partial charge on any atom is -0.489 e. The Kier molecular flexibility index (Phi) is 7.55. The van der Waals surface area contributed by atoms with Gasteiger partial charge in [-0.1, -0.05) is 64.6 Å². The van der Waals surface area contributed by atoms with E-state index >= 15 is 0 Å². The molecule has 4 aromatic rings. The standard InChI is InChI=1S/C23H15Cl4N3OS/c24-16-5-6-18(20(26)10-16)22-13-32-23(29-22)30-28-11-14-2-1-3-17(8-14)31-12-15-4-7-19(25)21(27)9-15/h1-11,13H,12H2,(H,29,30)/b28-11-. The lowest BCUT2D eigenvalue weighted by Gasteiger charge is -2.07. The van der Waals surface area contributed by atoms with Crippen molar-refractivity contribution in [3.63, 3.8) is 0 Å². The number of halogens is 4. The minimum atomic E-state index is 0.380. The first-order valence-corrected chi connectivity index (χ1v) is 11.7. The van der Waals surface area contributed by atoms with E-state index in [9.17, 15) is 0 Å². The highest BCUT2D eigenvalue weighted by Crippen LogP contribution is 2.32. The Morgan fingerprint density at radius 3 is 2.62 bits per heavy atom. The molecule has 1 aromatic heterocycles. The van der Waals surface area contributed by atoms with Crippen LogP contribution in [0.2, 0.25) is 20.1 Å². The van der Waals surface area contributed by atoms with Crippen molar-refractivity contribution in [2.24, 2.45) is 5.10 Å². The van der Waals surface area contributed by atoms with Crippen LogP contribution < -0.4 is 10.2 Å². The Morgan fingerprint density at radius 1 is 0.938 bits per heavy atom. The summed E-state index contributed by atoms with van der Waals surface area (Å²) in [6.07, 6.45) is 1.70. The fourth-order valence-electron chi connectivity index (χ4n) is 2.79. The number of ether oxygens (including phenoxy) is 1. The van der Waals surface area contributed by atoms with E-state index in [0.717, 1.165) is 22.4 Å². The van der Waals surface area contributed by atoms with Crippen molar-refractivity contribution < 1.29 is 4.74 Å². The Hall–Kier alpha value is -2.28. The Bertz CT molecular complexity index is 1280. The van der Waals surface area contributed by atoms with Gasteiger partial charge in [0.1, 0.15) is 12.4 Å². The zero-order valence-electron chi connectivity index (χ0n) is 16.4. The van der Waals surface area contributed by atoms with E-state index in [4.69, 9.17) is 51.1 Å². The molecule has 32 heavy (non-hydrogen) atoms. The maximum absolute atomic E-state index is 6.26. The highest BCUT2D eigenvalue weighted by Gasteiger charge is 2.08. The molecule has 0 bridgehead atoms. The van der Waals surface area contributed by atoms with E-state index in [0.29, 0.717) is 37.6 Å². The van der Waals surface area contributed by atoms with Crippen molar-refractivity contribution in [1.82, 2.24) is 4.98 Å². The SMILES string of the molecule is Clc1ccc(-c2csc(N/N=C\c3cccc(OCc4ccc(Cl)c(Cl)c4)c3)n2)c(Cl)c1. The molecule has 0 aliphatic carbocycles. The topological polar surface area (TPSA) is 46.5 Å². The number of nitrogens with one attached hydrogen (secondary N) is 1. The minimum absolute atomic E-state index is 0.380. The van der Waals surface area contributed by atoms with Crippen molar-refractivity contribution in [2.75, 3.05) is 5.43 Å². The predicted molar refractivity (Wildman–Crippen MR) is 136 cm³/mol. The molecule has 0 saturated heterocycles. The van der Waals surface area contributed by atoms with E-state index < -0.39 is 0 Å². The summed E-state index contributed by atoms with van der Waals surface area (Å²) in [6, 6.07) is 18.3. The zero-order chi connectivity index (χ0) is 22.5. The van der Waals surface area contributed by atoms with Crippen LogP contribution in [-0.4, -0.2) is 11.2 Å². The highest BCUT2D eigenvalue weighted by atomic mass is 35.5. The molecule has 0 amide bonds. The maximum atomic E-state index is 6.26. The summed E-state index contributed by atoms with van der Waals surface area (Å²) in [5.41, 5.74) is 6.32. The average Bonchev–Trinajstić information content (AvgIpc) is 3.23. The van der Waals surface area contributed by atoms with Crippen molar-refractivity contribution in [3.8, 4) is 17.0 Å². The summed E-state index contributed by atoms with van der Waals surface area (Å²) >= 11 is 25.6. The molecular weight excluding hydrogens is 508 g/mol. The molecule has 4 rings (SSSR count). The normalized spacial score (nSPS) is 11.1. The molecule has 0 aliphatic rings. The second-order valence-corrected chi connectivity index (χ2v) is 9.16. The van der Waals surface area contributed by atoms with Gasteiger partial charge in [0.05, 0.1) is 27.0 Å². The molecule has 0 unspecified atom stereocenters. The zero-order valence-corrected chi connectivity index (χ0v) is 20.2. The molecule has 4 nitrogen and oxygen atoms in total. The second kappa shape index (κ2) is 10.6. The van der Waals surface area contributed by atoms with Crippen LogP contribution in [-0.2, 0) is 6.61 Å². The third-order valence-corrected chi connectivity index (χ3v) is 6.37. The smallest absolute Gasteiger partial charge is 0.203 e. The van der Waals surface area contributed by atoms with Gasteiger partial charge < -0.3 is 4.74 Å². The van der Waals surface area contributed by atoms with E-state index in [2.05, 4.69) is 15.5 Å². The highest BCUT2D eigenvalue weighted by molar-refractivity contribution is 7.14. The molecule has 0 atom stereocenters. The summed E-state index contributed by atoms with van der Waals surface area (Å²) in [5.74, 6) is 0.717. The molecule has 0 spiro atoms. The van der Waals surface area contributed by atoms with Crippen LogP contribution in [0.4, 0.5) is 5.13 Å². The van der Waals surface area contributed by atoms with Gasteiger partial charge in [-0.2, -0.15) is 5.10 Å². The van der Waals surface area contributed by atoms with Crippen molar-refractivity contribution >= 4 is 69.1 Å². The van der Waals surface area contributed by atoms with Crippen LogP contribution in [0.5, 0.6) is 5.75 Å². The van der Waals surface area contributed by atoms with Crippen molar-refractivity contribution in [2.45, 2.75) is 6.61 Å². The first-order chi connectivity index (χ1) is 15.5. The molecule has 162 valence electrons. The summed E-state index contributed by atoms with van der Waals surface area (Å²) in [4.78, 5) is 4.52. The van der Waals surface area contributed by atoms with Crippen LogP contribution in [0.15, 0.2) is 71.1 Å². The molecular formula is C23H15Cl4N3OS. The molecule has 0 radical (unpaired) electrons. The number of anilines is 1. The fourth-order valence-corrected chi connectivity index (χ4v) is 4.27. The van der Waals surface area contributed by atoms with E-state index in [1.54, 1.807) is 30.5 Å². The molecule has 0 saturated carbocycles. The summed E-state index contributed by atoms with van der Waals surface area (Å²) in [7, 11) is 0. The van der Waals surface area contributed by atoms with Gasteiger partial charge in [-0.25, -0.2) is 4.98 Å². The van der Waals surface area contributed by atoms with Gasteiger partial charge >= 0.3 is 0 Å². The molecule has 1 N–H and O–H groups in total. The summed E-state index contributed by atoms with van der Waals surface area (Å²) < 4.78 is 5.85. The molecule has 3 aromatic carbocycles. The Morgan fingerprint density at radius 2 is 1.81 bits per heavy atom. The lowest BCUT2D eigenvalue weighted by Crippen LogP contribution is -1.96. The first-order valence-electron chi connectivity index (χ1n) is 9.35. The third kappa shape index (κ3) is 5.94. The van der Waals surface area contributed by atoms with E-state index in [-0.39, 0.29) is 0 Å². The van der Waals surface area contributed by atoms with Gasteiger partial charge in [0.2, 0.25) is 5.13 Å². The van der Waals surface area contributed by atoms with Crippen LogP contribution >= 0.6 is 57.7 Å². The Balaban J connectivity index is 1.37. The largest absolute Gasteiger partial charge is 0.489 e. The van der Waals surface area contributed by atoms with Crippen LogP contribution in [0.1, 0.15) is 11.1 Å². The average molecular weight is 523 g/mol. The van der Waals surface area contributed by atoms with Gasteiger partial charge in [0.15, 0.2) is 0 Å². The number of hydrogen-bond donors (Lipinski definition) is 1. The summed E-state index contributed by atoms with van der Waals surface area (Å²) in [6.45, 7) is 0.380. The van der Waals surface area contributed by atoms with E-state index in [1.807, 2.05) is 41.8 Å². The maximum Gasteiger partial charge on any atom is 0.203 e. The fraction of sp³-hybridized carbons (Fsp3) is 0.0435. The molecule has 0 aliphatic heterocycles. The number of aromatic nitrogens is 1. The van der Waals surface area contributed by atoms with Crippen molar-refractivity contribution in [1.29, 1.82) is 0 Å². The lowest BCUT2D eigenvalue weighted by atomic mass is 10.2. The van der Waals surface area contributed by atoms with E-state index in [1.165, 1.54) is 11.3 Å². The number of rotatable bonds is 7. The van der Waals surface area contributed by atoms with Crippen molar-refractivity contribution in [3.05, 3.63) is 97.3 Å². The number of thiazole rings is 1. The van der Waals surface area contributed by atoms with Gasteiger partial charge in [0.25, 0.3) is 0 Å². The first kappa shape index (κ1) is 22.9. The quantitative estimate of drug-likeness (QED) is 0.195. The van der Waals surface area contributed by atoms with Gasteiger partial charge in [-0.05, 0) is 53.6 Å². The predicted octanol–water partition coefficient (Wildman–Crippen LogP) is 8.45. The molecule has 9 heteroatoms. The number of benzene rings is 3. The third-order valence-electron chi connectivity index (χ3n) is 4.33. The lowest BCUT2D eigenvalue weighted by molar-refractivity contribution is 0.306. The number of nitrogens with zero attached hydrogens (tertiary/aromatic N) is 2. The number of hydrazone groups is 1.